The second kappa shape index (κ2) is 8.14. The Hall–Kier alpha value is -3.03. The molecule has 4 rings (SSSR count). The summed E-state index contributed by atoms with van der Waals surface area (Å²) in [4.78, 5) is 12.8. The molecule has 1 heterocycles. The van der Waals surface area contributed by atoms with Crippen molar-refractivity contribution >= 4 is 5.91 Å². The Morgan fingerprint density at radius 3 is 2.52 bits per heavy atom. The van der Waals surface area contributed by atoms with Crippen LogP contribution < -0.4 is 24.3 Å². The molecule has 0 aromatic heterocycles. The first-order valence-electron chi connectivity index (χ1n) is 9.38. The van der Waals surface area contributed by atoms with E-state index in [9.17, 15) is 13.6 Å². The molecule has 1 aliphatic carbocycles. The largest absolute Gasteiger partial charge is 0.493 e. The van der Waals surface area contributed by atoms with Gasteiger partial charge in [-0.25, -0.2) is 0 Å². The highest BCUT2D eigenvalue weighted by Gasteiger charge is 2.34. The fourth-order valence-corrected chi connectivity index (χ4v) is 3.39. The van der Waals surface area contributed by atoms with Crippen LogP contribution in [0, 0.1) is 5.92 Å². The molecular formula is C21H21F2NO5. The average molecular weight is 405 g/mol. The van der Waals surface area contributed by atoms with Gasteiger partial charge in [0.15, 0.2) is 23.0 Å². The summed E-state index contributed by atoms with van der Waals surface area (Å²) in [6.45, 7) is -2.02. The molecule has 0 radical (unpaired) electrons. The van der Waals surface area contributed by atoms with E-state index in [1.165, 1.54) is 25.3 Å². The molecule has 29 heavy (non-hydrogen) atoms. The van der Waals surface area contributed by atoms with Gasteiger partial charge in [0.1, 0.15) is 13.2 Å². The van der Waals surface area contributed by atoms with E-state index < -0.39 is 6.61 Å². The third kappa shape index (κ3) is 4.36. The van der Waals surface area contributed by atoms with E-state index in [2.05, 4.69) is 10.1 Å². The van der Waals surface area contributed by atoms with Crippen molar-refractivity contribution < 1.29 is 32.5 Å². The normalized spacial score (nSPS) is 16.3. The molecule has 1 amide bonds. The van der Waals surface area contributed by atoms with Gasteiger partial charge >= 0.3 is 6.61 Å². The molecule has 154 valence electrons. The van der Waals surface area contributed by atoms with Crippen molar-refractivity contribution in [3.05, 3.63) is 47.5 Å². The lowest BCUT2D eigenvalue weighted by atomic mass is 10.0. The van der Waals surface area contributed by atoms with Gasteiger partial charge in [-0.3, -0.25) is 4.79 Å². The Balaban J connectivity index is 1.55. The molecular weight excluding hydrogens is 384 g/mol. The van der Waals surface area contributed by atoms with E-state index in [-0.39, 0.29) is 29.0 Å². The number of carbonyl (C=O) groups excluding carboxylic acids is 1. The molecule has 1 N–H and O–H groups in total. The highest BCUT2D eigenvalue weighted by molar-refractivity contribution is 5.95. The molecule has 1 saturated carbocycles. The molecule has 0 spiro atoms. The molecule has 2 aliphatic rings. The maximum atomic E-state index is 12.8. The molecule has 0 bridgehead atoms. The molecule has 0 saturated heterocycles. The first-order valence-corrected chi connectivity index (χ1v) is 9.38. The average Bonchev–Trinajstić information content (AvgIpc) is 3.56. The topological polar surface area (TPSA) is 66.0 Å². The van der Waals surface area contributed by atoms with E-state index in [0.717, 1.165) is 18.4 Å². The lowest BCUT2D eigenvalue weighted by Gasteiger charge is -2.23. The number of nitrogens with one attached hydrogen (secondary N) is 1. The van der Waals surface area contributed by atoms with Crippen molar-refractivity contribution in [3.63, 3.8) is 0 Å². The minimum atomic E-state index is -3.01. The predicted octanol–water partition coefficient (Wildman–Crippen LogP) is 3.95. The van der Waals surface area contributed by atoms with Crippen LogP contribution >= 0.6 is 0 Å². The summed E-state index contributed by atoms with van der Waals surface area (Å²) in [5, 5.41) is 3.02. The van der Waals surface area contributed by atoms with E-state index in [1.807, 2.05) is 18.2 Å². The minimum absolute atomic E-state index is 0.132. The zero-order valence-corrected chi connectivity index (χ0v) is 15.8. The van der Waals surface area contributed by atoms with Gasteiger partial charge in [0.2, 0.25) is 0 Å². The third-order valence-corrected chi connectivity index (χ3v) is 4.95. The summed E-state index contributed by atoms with van der Waals surface area (Å²) in [5.41, 5.74) is 1.13. The number of methoxy groups -OCH3 is 1. The molecule has 1 atom stereocenters. The number of benzene rings is 2. The van der Waals surface area contributed by atoms with Gasteiger partial charge in [-0.05, 0) is 54.7 Å². The third-order valence-electron chi connectivity index (χ3n) is 4.95. The number of hydrogen-bond acceptors (Lipinski definition) is 5. The van der Waals surface area contributed by atoms with Gasteiger partial charge in [0.25, 0.3) is 5.91 Å². The van der Waals surface area contributed by atoms with Gasteiger partial charge in [-0.15, -0.1) is 0 Å². The number of amides is 1. The lowest BCUT2D eigenvalue weighted by Crippen LogP contribution is -2.30. The number of hydrogen-bond donors (Lipinski definition) is 1. The van der Waals surface area contributed by atoms with Crippen molar-refractivity contribution in [3.8, 4) is 23.0 Å². The van der Waals surface area contributed by atoms with Gasteiger partial charge in [-0.2, -0.15) is 8.78 Å². The second-order valence-corrected chi connectivity index (χ2v) is 6.94. The zero-order valence-electron chi connectivity index (χ0n) is 15.8. The number of carbonyl (C=O) groups is 1. The minimum Gasteiger partial charge on any atom is -0.493 e. The summed E-state index contributed by atoms with van der Waals surface area (Å²) in [6.07, 6.45) is 2.00. The monoisotopic (exact) mass is 405 g/mol. The number of fused-ring (bicyclic) bond motifs is 1. The quantitative estimate of drug-likeness (QED) is 0.756. The second-order valence-electron chi connectivity index (χ2n) is 6.94. The predicted molar refractivity (Wildman–Crippen MR) is 100.0 cm³/mol. The molecule has 1 unspecified atom stereocenters. The van der Waals surface area contributed by atoms with Crippen LogP contribution in [0.25, 0.3) is 0 Å². The summed E-state index contributed by atoms with van der Waals surface area (Å²) < 4.78 is 46.0. The first kappa shape index (κ1) is 19.3. The van der Waals surface area contributed by atoms with Crippen LogP contribution in [-0.4, -0.2) is 32.8 Å². The highest BCUT2D eigenvalue weighted by Crippen LogP contribution is 2.43. The Morgan fingerprint density at radius 2 is 1.83 bits per heavy atom. The first-order chi connectivity index (χ1) is 14.0. The van der Waals surface area contributed by atoms with Crippen molar-refractivity contribution in [2.24, 2.45) is 5.92 Å². The summed E-state index contributed by atoms with van der Waals surface area (Å²) in [5.74, 6) is 1.23. The Morgan fingerprint density at radius 1 is 1.07 bits per heavy atom. The van der Waals surface area contributed by atoms with E-state index in [1.54, 1.807) is 0 Å². The SMILES string of the molecule is COc1ccc(C(=O)NC(c2ccc3c(c2)OCCO3)C2CC2)cc1OC(F)F. The Kier molecular flexibility index (Phi) is 5.42. The van der Waals surface area contributed by atoms with Crippen molar-refractivity contribution in [1.82, 2.24) is 5.32 Å². The summed E-state index contributed by atoms with van der Waals surface area (Å²) in [6, 6.07) is 9.64. The van der Waals surface area contributed by atoms with Crippen LogP contribution in [0.5, 0.6) is 23.0 Å². The number of rotatable bonds is 7. The van der Waals surface area contributed by atoms with Gasteiger partial charge in [0.05, 0.1) is 13.2 Å². The molecule has 8 heteroatoms. The van der Waals surface area contributed by atoms with E-state index in [0.29, 0.717) is 30.6 Å². The Bertz CT molecular complexity index is 901. The maximum Gasteiger partial charge on any atom is 0.387 e. The van der Waals surface area contributed by atoms with Crippen LogP contribution in [0.4, 0.5) is 8.78 Å². The van der Waals surface area contributed by atoms with Crippen LogP contribution in [-0.2, 0) is 0 Å². The molecule has 2 aromatic rings. The van der Waals surface area contributed by atoms with Crippen molar-refractivity contribution in [2.75, 3.05) is 20.3 Å². The molecule has 6 nitrogen and oxygen atoms in total. The summed E-state index contributed by atoms with van der Waals surface area (Å²) >= 11 is 0. The number of alkyl halides is 2. The summed E-state index contributed by atoms with van der Waals surface area (Å²) in [7, 11) is 1.35. The van der Waals surface area contributed by atoms with Crippen LogP contribution in [0.1, 0.15) is 34.8 Å². The maximum absolute atomic E-state index is 12.8. The molecule has 1 fully saturated rings. The van der Waals surface area contributed by atoms with Gasteiger partial charge in [0, 0.05) is 5.56 Å². The smallest absolute Gasteiger partial charge is 0.387 e. The fraction of sp³-hybridized carbons (Fsp3) is 0.381. The van der Waals surface area contributed by atoms with Crippen LogP contribution in [0.2, 0.25) is 0 Å². The van der Waals surface area contributed by atoms with Crippen LogP contribution in [0.15, 0.2) is 36.4 Å². The van der Waals surface area contributed by atoms with E-state index >= 15 is 0 Å². The number of halogens is 2. The van der Waals surface area contributed by atoms with Crippen molar-refractivity contribution in [1.29, 1.82) is 0 Å². The molecule has 2 aromatic carbocycles. The van der Waals surface area contributed by atoms with E-state index in [4.69, 9.17) is 14.2 Å². The number of ether oxygens (including phenoxy) is 4. The highest BCUT2D eigenvalue weighted by atomic mass is 19.3. The van der Waals surface area contributed by atoms with Gasteiger partial charge in [-0.1, -0.05) is 6.07 Å². The Labute approximate surface area is 166 Å². The van der Waals surface area contributed by atoms with Crippen LogP contribution in [0.3, 0.4) is 0 Å². The molecule has 1 aliphatic heterocycles. The van der Waals surface area contributed by atoms with Gasteiger partial charge < -0.3 is 24.3 Å². The lowest BCUT2D eigenvalue weighted by molar-refractivity contribution is -0.0512. The standard InChI is InChI=1S/C21H21F2NO5/c1-26-15-6-5-14(11-18(15)29-21(22)23)20(25)24-19(12-2-3-12)13-4-7-16-17(10-13)28-9-8-27-16/h4-7,10-12,19,21H,2-3,8-9H2,1H3,(H,24,25). The fourth-order valence-electron chi connectivity index (χ4n) is 3.39. The van der Waals surface area contributed by atoms with Crippen molar-refractivity contribution in [2.45, 2.75) is 25.5 Å². The zero-order chi connectivity index (χ0) is 20.4.